The minimum atomic E-state index is -0.428. The third-order valence-electron chi connectivity index (χ3n) is 4.24. The predicted octanol–water partition coefficient (Wildman–Crippen LogP) is 3.78. The van der Waals surface area contributed by atoms with Gasteiger partial charge in [-0.25, -0.2) is 0 Å². The van der Waals surface area contributed by atoms with Crippen LogP contribution in [0.25, 0.3) is 11.1 Å². The molecule has 120 valence electrons. The van der Waals surface area contributed by atoms with Gasteiger partial charge >= 0.3 is 0 Å². The van der Waals surface area contributed by atoms with Gasteiger partial charge in [-0.15, -0.1) is 0 Å². The van der Waals surface area contributed by atoms with E-state index < -0.39 is 5.91 Å². The number of rotatable bonds is 5. The molecule has 4 heteroatoms. The van der Waals surface area contributed by atoms with Gasteiger partial charge in [-0.3, -0.25) is 4.79 Å². The first kappa shape index (κ1) is 15.4. The minimum absolute atomic E-state index is 0.260. The number of benzene rings is 2. The Morgan fingerprint density at radius 2 is 1.78 bits per heavy atom. The van der Waals surface area contributed by atoms with Crippen LogP contribution in [0.4, 0.5) is 0 Å². The molecule has 0 bridgehead atoms. The van der Waals surface area contributed by atoms with E-state index in [0.717, 1.165) is 35.5 Å². The summed E-state index contributed by atoms with van der Waals surface area (Å²) in [6.07, 6.45) is 4.87. The van der Waals surface area contributed by atoms with E-state index in [1.807, 2.05) is 30.3 Å². The van der Waals surface area contributed by atoms with Crippen LogP contribution in [0.1, 0.15) is 36.0 Å². The van der Waals surface area contributed by atoms with E-state index in [0.29, 0.717) is 5.56 Å². The lowest BCUT2D eigenvalue weighted by Crippen LogP contribution is -2.11. The Hall–Kier alpha value is -2.49. The topological polar surface area (TPSA) is 61.5 Å². The number of hydrogen-bond donors (Lipinski definition) is 1. The van der Waals surface area contributed by atoms with Crippen LogP contribution in [0.5, 0.6) is 11.5 Å². The molecule has 1 saturated carbocycles. The van der Waals surface area contributed by atoms with Crippen LogP contribution in [-0.2, 0) is 0 Å². The molecule has 0 spiro atoms. The van der Waals surface area contributed by atoms with Crippen molar-refractivity contribution in [1.82, 2.24) is 0 Å². The molecule has 1 aliphatic rings. The number of hydrogen-bond acceptors (Lipinski definition) is 3. The number of nitrogens with two attached hydrogens (primary N) is 1. The smallest absolute Gasteiger partial charge is 0.248 e. The average Bonchev–Trinajstić information content (AvgIpc) is 3.08. The zero-order valence-corrected chi connectivity index (χ0v) is 13.2. The van der Waals surface area contributed by atoms with Crippen LogP contribution in [-0.4, -0.2) is 19.1 Å². The molecule has 2 N–H and O–H groups in total. The molecule has 23 heavy (non-hydrogen) atoms. The highest BCUT2D eigenvalue weighted by molar-refractivity contribution is 5.94. The Kier molecular flexibility index (Phi) is 4.51. The second kappa shape index (κ2) is 6.73. The Balaban J connectivity index is 1.93. The fourth-order valence-corrected chi connectivity index (χ4v) is 2.99. The molecule has 1 fully saturated rings. The molecule has 0 unspecified atom stereocenters. The molecule has 0 atom stereocenters. The number of carbonyl (C=O) groups excluding carboxylic acids is 1. The summed E-state index contributed by atoms with van der Waals surface area (Å²) in [5.74, 6) is 1.05. The van der Waals surface area contributed by atoms with Gasteiger partial charge in [-0.1, -0.05) is 18.2 Å². The number of carbonyl (C=O) groups is 1. The fraction of sp³-hybridized carbons (Fsp3) is 0.316. The fourth-order valence-electron chi connectivity index (χ4n) is 2.99. The van der Waals surface area contributed by atoms with Crippen molar-refractivity contribution in [2.24, 2.45) is 5.73 Å². The maximum Gasteiger partial charge on any atom is 0.248 e. The van der Waals surface area contributed by atoms with E-state index in [1.54, 1.807) is 19.2 Å². The van der Waals surface area contributed by atoms with Crippen molar-refractivity contribution in [3.63, 3.8) is 0 Å². The summed E-state index contributed by atoms with van der Waals surface area (Å²) in [4.78, 5) is 11.4. The highest BCUT2D eigenvalue weighted by Crippen LogP contribution is 2.35. The Morgan fingerprint density at radius 1 is 1.04 bits per heavy atom. The van der Waals surface area contributed by atoms with E-state index in [9.17, 15) is 4.79 Å². The van der Waals surface area contributed by atoms with Crippen molar-refractivity contribution < 1.29 is 14.3 Å². The lowest BCUT2D eigenvalue weighted by molar-refractivity contribution is 0.100. The first-order valence-electron chi connectivity index (χ1n) is 7.92. The summed E-state index contributed by atoms with van der Waals surface area (Å²) >= 11 is 0. The summed E-state index contributed by atoms with van der Waals surface area (Å²) in [5.41, 5.74) is 7.76. The van der Waals surface area contributed by atoms with Gasteiger partial charge in [-0.2, -0.15) is 0 Å². The van der Waals surface area contributed by atoms with Crippen molar-refractivity contribution >= 4 is 5.91 Å². The zero-order valence-electron chi connectivity index (χ0n) is 13.2. The third-order valence-corrected chi connectivity index (χ3v) is 4.24. The van der Waals surface area contributed by atoms with Crippen molar-refractivity contribution in [2.75, 3.05) is 7.11 Å². The molecule has 2 aromatic carbocycles. The Labute approximate surface area is 136 Å². The highest BCUT2D eigenvalue weighted by Gasteiger charge is 2.19. The van der Waals surface area contributed by atoms with Gasteiger partial charge in [0.2, 0.25) is 5.91 Å². The van der Waals surface area contributed by atoms with Crippen LogP contribution < -0.4 is 15.2 Å². The van der Waals surface area contributed by atoms with Gasteiger partial charge in [0, 0.05) is 5.56 Å². The summed E-state index contributed by atoms with van der Waals surface area (Å²) < 4.78 is 11.5. The second-order valence-electron chi connectivity index (χ2n) is 5.84. The molecule has 0 radical (unpaired) electrons. The highest BCUT2D eigenvalue weighted by atomic mass is 16.5. The van der Waals surface area contributed by atoms with Gasteiger partial charge in [0.15, 0.2) is 11.5 Å². The Bertz CT molecular complexity index is 706. The van der Waals surface area contributed by atoms with E-state index in [1.165, 1.54) is 12.8 Å². The summed E-state index contributed by atoms with van der Waals surface area (Å²) in [5, 5.41) is 0. The van der Waals surface area contributed by atoms with Gasteiger partial charge in [-0.05, 0) is 61.1 Å². The Morgan fingerprint density at radius 3 is 2.48 bits per heavy atom. The average molecular weight is 311 g/mol. The summed E-state index contributed by atoms with van der Waals surface area (Å²) in [6.45, 7) is 0. The monoisotopic (exact) mass is 311 g/mol. The lowest BCUT2D eigenvalue weighted by Gasteiger charge is -2.17. The molecule has 2 aromatic rings. The number of primary amides is 1. The van der Waals surface area contributed by atoms with Gasteiger partial charge in [0.1, 0.15) is 0 Å². The normalized spacial score (nSPS) is 14.7. The molecule has 0 aliphatic heterocycles. The molecular formula is C19H21NO3. The number of amides is 1. The lowest BCUT2D eigenvalue weighted by atomic mass is 10.0. The van der Waals surface area contributed by atoms with Crippen LogP contribution >= 0.6 is 0 Å². The quantitative estimate of drug-likeness (QED) is 0.914. The molecule has 1 amide bonds. The van der Waals surface area contributed by atoms with Crippen LogP contribution in [0.3, 0.4) is 0 Å². The maximum absolute atomic E-state index is 11.4. The predicted molar refractivity (Wildman–Crippen MR) is 89.8 cm³/mol. The van der Waals surface area contributed by atoms with Crippen molar-refractivity contribution in [2.45, 2.75) is 31.8 Å². The SMILES string of the molecule is COc1ccc(-c2cccc(C(N)=O)c2)cc1OC1CCCC1. The molecule has 4 nitrogen and oxygen atoms in total. The van der Waals surface area contributed by atoms with Gasteiger partial charge < -0.3 is 15.2 Å². The van der Waals surface area contributed by atoms with Crippen molar-refractivity contribution in [1.29, 1.82) is 0 Å². The molecule has 0 aromatic heterocycles. The molecular weight excluding hydrogens is 290 g/mol. The summed E-state index contributed by atoms with van der Waals surface area (Å²) in [6, 6.07) is 13.1. The number of ether oxygens (including phenoxy) is 2. The van der Waals surface area contributed by atoms with E-state index in [-0.39, 0.29) is 6.10 Å². The van der Waals surface area contributed by atoms with E-state index in [4.69, 9.17) is 15.2 Å². The van der Waals surface area contributed by atoms with Crippen LogP contribution in [0.2, 0.25) is 0 Å². The molecule has 3 rings (SSSR count). The first-order valence-corrected chi connectivity index (χ1v) is 7.92. The standard InChI is InChI=1S/C19H21NO3/c1-22-17-10-9-14(12-18(17)23-16-7-2-3-8-16)13-5-4-6-15(11-13)19(20)21/h4-6,9-12,16H,2-3,7-8H2,1H3,(H2,20,21). The molecule has 0 saturated heterocycles. The van der Waals surface area contributed by atoms with E-state index in [2.05, 4.69) is 0 Å². The minimum Gasteiger partial charge on any atom is -0.493 e. The summed E-state index contributed by atoms with van der Waals surface area (Å²) in [7, 11) is 1.64. The number of methoxy groups -OCH3 is 1. The van der Waals surface area contributed by atoms with Crippen molar-refractivity contribution in [3.05, 3.63) is 48.0 Å². The van der Waals surface area contributed by atoms with Gasteiger partial charge in [0.05, 0.1) is 13.2 Å². The maximum atomic E-state index is 11.4. The second-order valence-corrected chi connectivity index (χ2v) is 5.84. The largest absolute Gasteiger partial charge is 0.493 e. The van der Waals surface area contributed by atoms with Crippen LogP contribution in [0, 0.1) is 0 Å². The van der Waals surface area contributed by atoms with Crippen LogP contribution in [0.15, 0.2) is 42.5 Å². The van der Waals surface area contributed by atoms with E-state index >= 15 is 0 Å². The molecule has 0 heterocycles. The third kappa shape index (κ3) is 3.47. The zero-order chi connectivity index (χ0) is 16.2. The molecule has 1 aliphatic carbocycles. The first-order chi connectivity index (χ1) is 11.2. The van der Waals surface area contributed by atoms with Crippen molar-refractivity contribution in [3.8, 4) is 22.6 Å². The van der Waals surface area contributed by atoms with Gasteiger partial charge in [0.25, 0.3) is 0 Å².